The van der Waals surface area contributed by atoms with Gasteiger partial charge < -0.3 is 5.11 Å². The Morgan fingerprint density at radius 2 is 1.04 bits per heavy atom. The van der Waals surface area contributed by atoms with E-state index in [1.807, 2.05) is 0 Å². The first-order valence-electron chi connectivity index (χ1n) is 10.6. The average molecular weight is 361 g/mol. The topological polar surface area (TPSA) is 37.3 Å². The molecule has 0 radical (unpaired) electrons. The third kappa shape index (κ3) is 22.4. The maximum absolute atomic E-state index is 10.4. The van der Waals surface area contributed by atoms with E-state index < -0.39 is 5.97 Å². The summed E-state index contributed by atoms with van der Waals surface area (Å²) in [6.45, 7) is 2.25. The van der Waals surface area contributed by atoms with E-state index in [2.05, 4.69) is 55.5 Å². The molecule has 0 amide bonds. The van der Waals surface area contributed by atoms with Gasteiger partial charge in [0.15, 0.2) is 0 Å². The molecule has 148 valence electrons. The van der Waals surface area contributed by atoms with Crippen LogP contribution in [0.5, 0.6) is 0 Å². The molecular weight excluding hydrogens is 320 g/mol. The Morgan fingerprint density at radius 1 is 0.615 bits per heavy atom. The van der Waals surface area contributed by atoms with Crippen molar-refractivity contribution in [1.82, 2.24) is 0 Å². The monoisotopic (exact) mass is 360 g/mol. The fourth-order valence-corrected chi connectivity index (χ4v) is 2.58. The van der Waals surface area contributed by atoms with Gasteiger partial charge in [0.1, 0.15) is 0 Å². The van der Waals surface area contributed by atoms with Gasteiger partial charge in [0, 0.05) is 6.42 Å². The summed E-state index contributed by atoms with van der Waals surface area (Å²) in [5.74, 6) is -0.702. The minimum Gasteiger partial charge on any atom is -0.481 e. The van der Waals surface area contributed by atoms with Gasteiger partial charge in [-0.05, 0) is 70.6 Å². The second-order valence-electron chi connectivity index (χ2n) is 6.76. The summed E-state index contributed by atoms with van der Waals surface area (Å²) in [6.07, 6.45) is 33.2. The lowest BCUT2D eigenvalue weighted by Crippen LogP contribution is -1.92. The van der Waals surface area contributed by atoms with Crippen LogP contribution in [0.1, 0.15) is 96.8 Å². The predicted molar refractivity (Wildman–Crippen MR) is 115 cm³/mol. The zero-order valence-corrected chi connectivity index (χ0v) is 16.9. The summed E-state index contributed by atoms with van der Waals surface area (Å²) in [5, 5.41) is 8.53. The van der Waals surface area contributed by atoms with Gasteiger partial charge in [-0.3, -0.25) is 4.79 Å². The summed E-state index contributed by atoms with van der Waals surface area (Å²) in [4.78, 5) is 10.4. The Balaban J connectivity index is 3.31. The first kappa shape index (κ1) is 24.4. The van der Waals surface area contributed by atoms with E-state index in [1.165, 1.54) is 51.4 Å². The third-order valence-corrected chi connectivity index (χ3v) is 4.17. The van der Waals surface area contributed by atoms with Crippen molar-refractivity contribution < 1.29 is 9.90 Å². The number of hydrogen-bond donors (Lipinski definition) is 1. The molecule has 0 fully saturated rings. The lowest BCUT2D eigenvalue weighted by Gasteiger charge is -1.94. The summed E-state index contributed by atoms with van der Waals surface area (Å²) in [7, 11) is 0. The van der Waals surface area contributed by atoms with Crippen molar-refractivity contribution in [2.75, 3.05) is 0 Å². The van der Waals surface area contributed by atoms with Gasteiger partial charge in [0.2, 0.25) is 0 Å². The summed E-state index contributed by atoms with van der Waals surface area (Å²) >= 11 is 0. The highest BCUT2D eigenvalue weighted by Gasteiger charge is 1.92. The van der Waals surface area contributed by atoms with E-state index in [-0.39, 0.29) is 6.42 Å². The molecule has 0 heterocycles. The van der Waals surface area contributed by atoms with Gasteiger partial charge in [0.05, 0.1) is 0 Å². The molecule has 0 rings (SSSR count). The molecule has 2 heteroatoms. The van der Waals surface area contributed by atoms with Crippen molar-refractivity contribution in [1.29, 1.82) is 0 Å². The van der Waals surface area contributed by atoms with Crippen molar-refractivity contribution in [3.05, 3.63) is 48.6 Å². The maximum atomic E-state index is 10.4. The largest absolute Gasteiger partial charge is 0.481 e. The van der Waals surface area contributed by atoms with Crippen LogP contribution in [-0.2, 0) is 4.79 Å². The molecule has 0 unspecified atom stereocenters. The highest BCUT2D eigenvalue weighted by molar-refractivity contribution is 5.66. The van der Waals surface area contributed by atoms with Crippen molar-refractivity contribution in [2.24, 2.45) is 0 Å². The number of carbonyl (C=O) groups is 1. The highest BCUT2D eigenvalue weighted by Crippen LogP contribution is 2.05. The molecule has 0 atom stereocenters. The van der Waals surface area contributed by atoms with Crippen LogP contribution >= 0.6 is 0 Å². The fourth-order valence-electron chi connectivity index (χ4n) is 2.58. The number of allylic oxidation sites excluding steroid dienone is 8. The minimum absolute atomic E-state index is 0.273. The number of carboxylic acids is 1. The molecule has 0 aliphatic carbocycles. The lowest BCUT2D eigenvalue weighted by atomic mass is 10.1. The van der Waals surface area contributed by atoms with Crippen LogP contribution in [0, 0.1) is 0 Å². The van der Waals surface area contributed by atoms with Crippen LogP contribution < -0.4 is 0 Å². The molecule has 0 aromatic carbocycles. The summed E-state index contributed by atoms with van der Waals surface area (Å²) in [5.41, 5.74) is 0. The normalized spacial score (nSPS) is 12.3. The third-order valence-electron chi connectivity index (χ3n) is 4.17. The second kappa shape index (κ2) is 21.5. The lowest BCUT2D eigenvalue weighted by molar-refractivity contribution is -0.137. The molecule has 0 aromatic heterocycles. The van der Waals surface area contributed by atoms with Gasteiger partial charge in [-0.1, -0.05) is 68.4 Å². The summed E-state index contributed by atoms with van der Waals surface area (Å²) in [6, 6.07) is 0. The van der Waals surface area contributed by atoms with E-state index in [1.54, 1.807) is 0 Å². The fraction of sp³-hybridized carbons (Fsp3) is 0.625. The first-order chi connectivity index (χ1) is 12.8. The molecule has 26 heavy (non-hydrogen) atoms. The Hall–Kier alpha value is -1.57. The van der Waals surface area contributed by atoms with E-state index >= 15 is 0 Å². The molecule has 0 saturated carbocycles. The van der Waals surface area contributed by atoms with Crippen molar-refractivity contribution in [3.63, 3.8) is 0 Å². The van der Waals surface area contributed by atoms with E-state index in [4.69, 9.17) is 5.11 Å². The molecule has 0 aromatic rings. The number of rotatable bonds is 18. The van der Waals surface area contributed by atoms with Crippen molar-refractivity contribution in [2.45, 2.75) is 96.8 Å². The molecule has 1 N–H and O–H groups in total. The zero-order chi connectivity index (χ0) is 19.1. The SMILES string of the molecule is CCCCC/C=C\C/C=C\CCCC/C=C\CC/C=C\CCCC(=O)O. The van der Waals surface area contributed by atoms with Gasteiger partial charge in [-0.15, -0.1) is 0 Å². The minimum atomic E-state index is -0.702. The van der Waals surface area contributed by atoms with Crippen LogP contribution in [-0.4, -0.2) is 11.1 Å². The van der Waals surface area contributed by atoms with Crippen LogP contribution in [0.4, 0.5) is 0 Å². The van der Waals surface area contributed by atoms with Crippen LogP contribution in [0.25, 0.3) is 0 Å². The Labute approximate surface area is 161 Å². The van der Waals surface area contributed by atoms with E-state index in [0.717, 1.165) is 32.1 Å². The molecular formula is C24H40O2. The number of carboxylic acid groups (broad SMARTS) is 1. The maximum Gasteiger partial charge on any atom is 0.303 e. The van der Waals surface area contributed by atoms with Crippen LogP contribution in [0.15, 0.2) is 48.6 Å². The molecule has 0 spiro atoms. The smallest absolute Gasteiger partial charge is 0.303 e. The van der Waals surface area contributed by atoms with Gasteiger partial charge in [0.25, 0.3) is 0 Å². The van der Waals surface area contributed by atoms with Gasteiger partial charge >= 0.3 is 5.97 Å². The Bertz CT molecular complexity index is 416. The second-order valence-corrected chi connectivity index (χ2v) is 6.76. The summed E-state index contributed by atoms with van der Waals surface area (Å²) < 4.78 is 0. The molecule has 0 aliphatic rings. The molecule has 2 nitrogen and oxygen atoms in total. The van der Waals surface area contributed by atoms with Crippen LogP contribution in [0.2, 0.25) is 0 Å². The van der Waals surface area contributed by atoms with Crippen molar-refractivity contribution >= 4 is 5.97 Å². The Morgan fingerprint density at radius 3 is 1.54 bits per heavy atom. The Kier molecular flexibility index (Phi) is 20.2. The van der Waals surface area contributed by atoms with E-state index in [0.29, 0.717) is 0 Å². The van der Waals surface area contributed by atoms with Gasteiger partial charge in [-0.2, -0.15) is 0 Å². The van der Waals surface area contributed by atoms with E-state index in [9.17, 15) is 4.79 Å². The number of aliphatic carboxylic acids is 1. The zero-order valence-electron chi connectivity index (χ0n) is 16.9. The van der Waals surface area contributed by atoms with Crippen LogP contribution in [0.3, 0.4) is 0 Å². The molecule has 0 aliphatic heterocycles. The first-order valence-corrected chi connectivity index (χ1v) is 10.6. The standard InChI is InChI=1S/C24H40O2/c1-2-3-4-5-6-7-8-9-10-11-12-13-14-15-16-17-18-19-20-21-22-23-24(25)26/h6-7,9-10,15-16,19-20H,2-5,8,11-14,17-18,21-23H2,1H3,(H,25,26)/b7-6-,10-9-,16-15-,20-19-. The van der Waals surface area contributed by atoms with Crippen molar-refractivity contribution in [3.8, 4) is 0 Å². The highest BCUT2D eigenvalue weighted by atomic mass is 16.4. The predicted octanol–water partition coefficient (Wildman–Crippen LogP) is 7.78. The molecule has 0 bridgehead atoms. The number of hydrogen-bond acceptors (Lipinski definition) is 1. The quantitative estimate of drug-likeness (QED) is 0.200. The van der Waals surface area contributed by atoms with Gasteiger partial charge in [-0.25, -0.2) is 0 Å². The molecule has 0 saturated heterocycles. The number of unbranched alkanes of at least 4 members (excludes halogenated alkanes) is 8. The average Bonchev–Trinajstić information content (AvgIpc) is 2.62.